The van der Waals surface area contributed by atoms with E-state index < -0.39 is 0 Å². The first-order valence-corrected chi connectivity index (χ1v) is 10.7. The Morgan fingerprint density at radius 1 is 0.967 bits per heavy atom. The largest absolute Gasteiger partial charge is 0.497 e. The fourth-order valence-electron chi connectivity index (χ4n) is 3.84. The number of aryl methyl sites for hydroxylation is 1. The molecule has 3 aromatic carbocycles. The van der Waals surface area contributed by atoms with E-state index in [1.54, 1.807) is 12.0 Å². The van der Waals surface area contributed by atoms with Crippen molar-refractivity contribution >= 4 is 67.8 Å². The summed E-state index contributed by atoms with van der Waals surface area (Å²) in [4.78, 5) is 15.2. The summed E-state index contributed by atoms with van der Waals surface area (Å²) in [6.45, 7) is 0. The van der Waals surface area contributed by atoms with Crippen LogP contribution < -0.4 is 9.64 Å². The van der Waals surface area contributed by atoms with E-state index in [9.17, 15) is 4.79 Å². The van der Waals surface area contributed by atoms with Crippen LogP contribution in [0.4, 0.5) is 5.69 Å². The van der Waals surface area contributed by atoms with Gasteiger partial charge in [0.15, 0.2) is 4.32 Å². The van der Waals surface area contributed by atoms with Crippen LogP contribution in [0.5, 0.6) is 5.75 Å². The summed E-state index contributed by atoms with van der Waals surface area (Å²) in [6.07, 6.45) is 1.92. The number of ether oxygens (including phenoxy) is 1. The lowest BCUT2D eigenvalue weighted by Gasteiger charge is -2.14. The Balaban J connectivity index is 1.52. The molecule has 0 saturated carbocycles. The van der Waals surface area contributed by atoms with E-state index in [2.05, 4.69) is 48.0 Å². The van der Waals surface area contributed by atoms with Gasteiger partial charge in [-0.2, -0.15) is 0 Å². The molecule has 0 spiro atoms. The van der Waals surface area contributed by atoms with Crippen molar-refractivity contribution in [3.05, 3.63) is 77.2 Å². The molecule has 5 rings (SSSR count). The minimum absolute atomic E-state index is 0.104. The molecule has 2 heterocycles. The first kappa shape index (κ1) is 18.9. The van der Waals surface area contributed by atoms with Gasteiger partial charge >= 0.3 is 0 Å². The third kappa shape index (κ3) is 3.00. The molecule has 148 valence electrons. The number of fused-ring (bicyclic) bond motifs is 3. The van der Waals surface area contributed by atoms with Gasteiger partial charge in [0.25, 0.3) is 5.91 Å². The van der Waals surface area contributed by atoms with Crippen LogP contribution in [-0.4, -0.2) is 21.9 Å². The maximum Gasteiger partial charge on any atom is 0.270 e. The van der Waals surface area contributed by atoms with Crippen molar-refractivity contribution in [3.8, 4) is 5.75 Å². The van der Waals surface area contributed by atoms with Gasteiger partial charge in [-0.1, -0.05) is 54.3 Å². The lowest BCUT2D eigenvalue weighted by Crippen LogP contribution is -2.27. The molecule has 4 nitrogen and oxygen atoms in total. The average Bonchev–Trinajstić information content (AvgIpc) is 3.21. The Kier molecular flexibility index (Phi) is 4.60. The molecule has 0 unspecified atom stereocenters. The predicted molar refractivity (Wildman–Crippen MR) is 129 cm³/mol. The molecule has 0 radical (unpaired) electrons. The molecule has 0 bridgehead atoms. The number of thiocarbonyl (C=S) groups is 1. The minimum atomic E-state index is -0.104. The molecule has 1 saturated heterocycles. The van der Waals surface area contributed by atoms with E-state index >= 15 is 0 Å². The zero-order chi connectivity index (χ0) is 20.8. The van der Waals surface area contributed by atoms with Crippen molar-refractivity contribution in [3.63, 3.8) is 0 Å². The van der Waals surface area contributed by atoms with E-state index in [-0.39, 0.29) is 5.91 Å². The van der Waals surface area contributed by atoms with Gasteiger partial charge in [-0.25, -0.2) is 0 Å². The molecule has 1 aromatic heterocycles. The Labute approximate surface area is 183 Å². The molecular weight excluding hydrogens is 412 g/mol. The summed E-state index contributed by atoms with van der Waals surface area (Å²) in [5.41, 5.74) is 4.04. The molecule has 1 fully saturated rings. The first-order valence-electron chi connectivity index (χ1n) is 9.46. The van der Waals surface area contributed by atoms with Crippen molar-refractivity contribution < 1.29 is 9.53 Å². The van der Waals surface area contributed by atoms with Gasteiger partial charge in [0.2, 0.25) is 0 Å². The van der Waals surface area contributed by atoms with Crippen LogP contribution in [0, 0.1) is 0 Å². The third-order valence-corrected chi connectivity index (χ3v) is 6.66. The molecule has 4 aromatic rings. The van der Waals surface area contributed by atoms with E-state index in [4.69, 9.17) is 17.0 Å². The van der Waals surface area contributed by atoms with Gasteiger partial charge in [0.05, 0.1) is 17.7 Å². The Hall–Kier alpha value is -3.09. The van der Waals surface area contributed by atoms with Crippen molar-refractivity contribution in [2.75, 3.05) is 12.0 Å². The highest BCUT2D eigenvalue weighted by Gasteiger charge is 2.33. The molecular formula is C24H18N2O2S2. The number of methoxy groups -OCH3 is 1. The summed E-state index contributed by atoms with van der Waals surface area (Å²) in [7, 11) is 3.68. The Bertz CT molecular complexity index is 1350. The number of nitrogens with zero attached hydrogens (tertiary/aromatic N) is 2. The third-order valence-electron chi connectivity index (χ3n) is 5.36. The highest BCUT2D eigenvalue weighted by Crippen LogP contribution is 2.37. The van der Waals surface area contributed by atoms with Crippen molar-refractivity contribution in [2.45, 2.75) is 0 Å². The summed E-state index contributed by atoms with van der Waals surface area (Å²) >= 11 is 6.81. The minimum Gasteiger partial charge on any atom is -0.497 e. The Morgan fingerprint density at radius 3 is 2.47 bits per heavy atom. The van der Waals surface area contributed by atoms with E-state index in [0.29, 0.717) is 9.23 Å². The maximum absolute atomic E-state index is 13.1. The molecule has 0 aliphatic carbocycles. The van der Waals surface area contributed by atoms with Gasteiger partial charge in [-0.3, -0.25) is 9.69 Å². The molecule has 1 aliphatic rings. The average molecular weight is 431 g/mol. The first-order chi connectivity index (χ1) is 14.6. The highest BCUT2D eigenvalue weighted by atomic mass is 32.2. The van der Waals surface area contributed by atoms with Crippen LogP contribution >= 0.6 is 24.0 Å². The van der Waals surface area contributed by atoms with E-state index in [1.165, 1.54) is 28.1 Å². The van der Waals surface area contributed by atoms with Crippen LogP contribution in [0.3, 0.4) is 0 Å². The number of rotatable bonds is 3. The molecule has 1 aliphatic heterocycles. The molecule has 1 amide bonds. The predicted octanol–water partition coefficient (Wildman–Crippen LogP) is 5.75. The topological polar surface area (TPSA) is 34.5 Å². The van der Waals surface area contributed by atoms with Gasteiger partial charge in [-0.15, -0.1) is 0 Å². The Morgan fingerprint density at radius 2 is 1.70 bits per heavy atom. The maximum atomic E-state index is 13.1. The number of carbonyl (C=O) groups excluding carboxylic acids is 1. The van der Waals surface area contributed by atoms with Crippen molar-refractivity contribution in [2.24, 2.45) is 7.05 Å². The second kappa shape index (κ2) is 7.31. The fraction of sp³-hybridized carbons (Fsp3) is 0.0833. The summed E-state index contributed by atoms with van der Waals surface area (Å²) in [5.74, 6) is 0.635. The molecule has 6 heteroatoms. The van der Waals surface area contributed by atoms with Crippen LogP contribution in [0.15, 0.2) is 71.6 Å². The number of para-hydroxylation sites is 1. The fourth-order valence-corrected chi connectivity index (χ4v) is 5.14. The van der Waals surface area contributed by atoms with Crippen LogP contribution in [0.25, 0.3) is 27.9 Å². The zero-order valence-corrected chi connectivity index (χ0v) is 18.1. The number of hydrogen-bond donors (Lipinski definition) is 0. The van der Waals surface area contributed by atoms with Crippen molar-refractivity contribution in [1.82, 2.24) is 4.57 Å². The summed E-state index contributed by atoms with van der Waals surface area (Å²) < 4.78 is 7.91. The standard InChI is InChI=1S/C24H18N2O2S2/c1-25-20-6-4-3-5-18(20)19-12-7-15(13-21(19)25)14-22-23(27)26(24(29)30-22)16-8-10-17(28-2)11-9-16/h3-14H,1-2H3/b22-14-. The van der Waals surface area contributed by atoms with Crippen LogP contribution in [0.1, 0.15) is 5.56 Å². The number of amides is 1. The van der Waals surface area contributed by atoms with E-state index in [0.717, 1.165) is 22.5 Å². The summed E-state index contributed by atoms with van der Waals surface area (Å²) in [6, 6.07) is 22.0. The van der Waals surface area contributed by atoms with Crippen LogP contribution in [0.2, 0.25) is 0 Å². The normalized spacial score (nSPS) is 15.7. The molecule has 30 heavy (non-hydrogen) atoms. The van der Waals surface area contributed by atoms with Gasteiger partial charge in [0, 0.05) is 28.9 Å². The van der Waals surface area contributed by atoms with Gasteiger partial charge in [-0.05, 0) is 48.0 Å². The SMILES string of the molecule is COc1ccc(N2C(=O)/C(=C/c3ccc4c5ccccc5n(C)c4c3)SC2=S)cc1. The monoisotopic (exact) mass is 430 g/mol. The van der Waals surface area contributed by atoms with Gasteiger partial charge < -0.3 is 9.30 Å². The van der Waals surface area contributed by atoms with Gasteiger partial charge in [0.1, 0.15) is 5.75 Å². The number of carbonyl (C=O) groups is 1. The lowest BCUT2D eigenvalue weighted by atomic mass is 10.1. The quantitative estimate of drug-likeness (QED) is 0.306. The zero-order valence-electron chi connectivity index (χ0n) is 16.5. The van der Waals surface area contributed by atoms with Crippen molar-refractivity contribution in [1.29, 1.82) is 0 Å². The number of thioether (sulfide) groups is 1. The molecule has 0 atom stereocenters. The smallest absolute Gasteiger partial charge is 0.270 e. The lowest BCUT2D eigenvalue weighted by molar-refractivity contribution is -0.113. The number of benzene rings is 3. The number of hydrogen-bond acceptors (Lipinski definition) is 4. The second-order valence-electron chi connectivity index (χ2n) is 7.07. The van der Waals surface area contributed by atoms with Crippen LogP contribution in [-0.2, 0) is 11.8 Å². The number of aromatic nitrogens is 1. The molecule has 0 N–H and O–H groups in total. The van der Waals surface area contributed by atoms with E-state index in [1.807, 2.05) is 36.4 Å². The second-order valence-corrected chi connectivity index (χ2v) is 8.74. The summed E-state index contributed by atoms with van der Waals surface area (Å²) in [5, 5.41) is 2.43. The number of anilines is 1. The highest BCUT2D eigenvalue weighted by molar-refractivity contribution is 8.27.